The molecule has 0 aliphatic heterocycles. The third-order valence-corrected chi connectivity index (χ3v) is 3.61. The molecule has 0 aromatic carbocycles. The first-order valence-corrected chi connectivity index (χ1v) is 7.65. The molecule has 26 heavy (non-hydrogen) atoms. The summed E-state index contributed by atoms with van der Waals surface area (Å²) in [5.41, 5.74) is 0.926. The Labute approximate surface area is 145 Å². The van der Waals surface area contributed by atoms with Crippen LogP contribution in [0.5, 0.6) is 0 Å². The van der Waals surface area contributed by atoms with Crippen LogP contribution in [0.25, 0.3) is 11.0 Å². The van der Waals surface area contributed by atoms with Crippen molar-refractivity contribution in [3.05, 3.63) is 35.7 Å². The van der Waals surface area contributed by atoms with E-state index >= 15 is 0 Å². The summed E-state index contributed by atoms with van der Waals surface area (Å²) >= 11 is 0. The van der Waals surface area contributed by atoms with Gasteiger partial charge in [0.15, 0.2) is 11.5 Å². The van der Waals surface area contributed by atoms with Crippen LogP contribution in [0.15, 0.2) is 23.0 Å². The highest BCUT2D eigenvalue weighted by molar-refractivity contribution is 5.96. The molecule has 3 aromatic heterocycles. The van der Waals surface area contributed by atoms with Crippen LogP contribution in [0.1, 0.15) is 42.0 Å². The Kier molecular flexibility index (Phi) is 4.38. The third kappa shape index (κ3) is 3.37. The van der Waals surface area contributed by atoms with Crippen LogP contribution >= 0.6 is 0 Å². The number of carbonyl (C=O) groups excluding carboxylic acids is 1. The number of hydrogen-bond acceptors (Lipinski definition) is 6. The molecule has 3 aromatic rings. The Morgan fingerprint density at radius 2 is 2.08 bits per heavy atom. The molecule has 0 aliphatic rings. The van der Waals surface area contributed by atoms with Gasteiger partial charge in [0.2, 0.25) is 0 Å². The van der Waals surface area contributed by atoms with Crippen molar-refractivity contribution in [1.29, 1.82) is 0 Å². The predicted octanol–water partition coefficient (Wildman–Crippen LogP) is 2.69. The van der Waals surface area contributed by atoms with Gasteiger partial charge in [-0.2, -0.15) is 23.3 Å². The number of pyridine rings is 1. The van der Waals surface area contributed by atoms with E-state index in [4.69, 9.17) is 0 Å². The van der Waals surface area contributed by atoms with Crippen molar-refractivity contribution in [3.63, 3.8) is 0 Å². The molecule has 8 nitrogen and oxygen atoms in total. The van der Waals surface area contributed by atoms with E-state index in [9.17, 15) is 18.0 Å². The van der Waals surface area contributed by atoms with Crippen LogP contribution in [-0.4, -0.2) is 42.8 Å². The first-order valence-electron chi connectivity index (χ1n) is 7.65. The minimum absolute atomic E-state index is 0.116. The Balaban J connectivity index is 1.78. The van der Waals surface area contributed by atoms with E-state index in [0.29, 0.717) is 11.0 Å². The average molecular weight is 368 g/mol. The van der Waals surface area contributed by atoms with Gasteiger partial charge >= 0.3 is 12.1 Å². The lowest BCUT2D eigenvalue weighted by atomic mass is 10.2. The van der Waals surface area contributed by atoms with Crippen LogP contribution in [0, 0.1) is 0 Å². The van der Waals surface area contributed by atoms with Gasteiger partial charge in [0.25, 0.3) is 5.91 Å². The highest BCUT2D eigenvalue weighted by Gasteiger charge is 2.38. The zero-order valence-corrected chi connectivity index (χ0v) is 14.2. The van der Waals surface area contributed by atoms with E-state index in [1.54, 1.807) is 16.9 Å². The van der Waals surface area contributed by atoms with Gasteiger partial charge in [0.1, 0.15) is 0 Å². The molecule has 0 bridgehead atoms. The molecule has 11 heteroatoms. The number of aromatic nitrogens is 5. The maximum atomic E-state index is 12.5. The van der Waals surface area contributed by atoms with Crippen LogP contribution in [0.3, 0.4) is 0 Å². The van der Waals surface area contributed by atoms with Gasteiger partial charge in [0.05, 0.1) is 18.3 Å². The molecule has 0 aliphatic carbocycles. The number of halogens is 3. The standard InChI is InChI=1S/C15H15F3N6O2/c1-8(2)24-12-9(6-20-24)4-10(5-19-12)13(25)23(3)7-11-21-14(26-22-11)15(16,17)18/h4-6,8H,7H2,1-3H3. The summed E-state index contributed by atoms with van der Waals surface area (Å²) in [6.45, 7) is 3.68. The molecule has 0 fully saturated rings. The summed E-state index contributed by atoms with van der Waals surface area (Å²) in [7, 11) is 1.42. The smallest absolute Gasteiger partial charge is 0.334 e. The number of carbonyl (C=O) groups is 1. The largest absolute Gasteiger partial charge is 0.471 e. The van der Waals surface area contributed by atoms with Crippen molar-refractivity contribution in [2.24, 2.45) is 0 Å². The second kappa shape index (κ2) is 6.39. The lowest BCUT2D eigenvalue weighted by molar-refractivity contribution is -0.159. The van der Waals surface area contributed by atoms with Crippen molar-refractivity contribution >= 4 is 16.9 Å². The van der Waals surface area contributed by atoms with Gasteiger partial charge in [0, 0.05) is 24.7 Å². The zero-order valence-electron chi connectivity index (χ0n) is 14.2. The second-order valence-corrected chi connectivity index (χ2v) is 5.99. The Morgan fingerprint density at radius 3 is 2.69 bits per heavy atom. The number of nitrogens with zero attached hydrogens (tertiary/aromatic N) is 6. The molecule has 0 atom stereocenters. The first-order chi connectivity index (χ1) is 12.2. The van der Waals surface area contributed by atoms with Crippen LogP contribution in [0.4, 0.5) is 13.2 Å². The maximum absolute atomic E-state index is 12.5. The summed E-state index contributed by atoms with van der Waals surface area (Å²) in [6.07, 6.45) is -1.72. The molecular formula is C15H15F3N6O2. The molecule has 3 rings (SSSR count). The highest BCUT2D eigenvalue weighted by atomic mass is 19.4. The zero-order chi connectivity index (χ0) is 19.1. The summed E-state index contributed by atoms with van der Waals surface area (Å²) in [5.74, 6) is -2.12. The molecule has 1 amide bonds. The van der Waals surface area contributed by atoms with Crippen molar-refractivity contribution in [1.82, 2.24) is 29.8 Å². The van der Waals surface area contributed by atoms with E-state index in [1.165, 1.54) is 18.1 Å². The molecule has 0 spiro atoms. The molecule has 3 heterocycles. The normalized spacial score (nSPS) is 12.1. The van der Waals surface area contributed by atoms with E-state index < -0.39 is 18.0 Å². The Bertz CT molecular complexity index is 946. The van der Waals surface area contributed by atoms with Crippen LogP contribution < -0.4 is 0 Å². The lowest BCUT2D eigenvalue weighted by Gasteiger charge is -2.15. The fraction of sp³-hybridized carbons (Fsp3) is 0.400. The Hall–Kier alpha value is -2.98. The summed E-state index contributed by atoms with van der Waals surface area (Å²) in [5, 5.41) is 8.16. The monoisotopic (exact) mass is 368 g/mol. The summed E-state index contributed by atoms with van der Waals surface area (Å²) < 4.78 is 43.3. The highest BCUT2D eigenvalue weighted by Crippen LogP contribution is 2.27. The van der Waals surface area contributed by atoms with E-state index in [0.717, 1.165) is 0 Å². The van der Waals surface area contributed by atoms with Gasteiger partial charge in [-0.05, 0) is 19.9 Å². The fourth-order valence-corrected chi connectivity index (χ4v) is 2.37. The van der Waals surface area contributed by atoms with Crippen molar-refractivity contribution < 1.29 is 22.5 Å². The molecule has 138 valence electrons. The fourth-order valence-electron chi connectivity index (χ4n) is 2.37. The number of rotatable bonds is 4. The minimum atomic E-state index is -4.72. The van der Waals surface area contributed by atoms with Crippen LogP contribution in [-0.2, 0) is 12.7 Å². The Morgan fingerprint density at radius 1 is 1.35 bits per heavy atom. The average Bonchev–Trinajstić information content (AvgIpc) is 3.19. The first kappa shape index (κ1) is 17.8. The molecular weight excluding hydrogens is 353 g/mol. The van der Waals surface area contributed by atoms with Gasteiger partial charge in [-0.15, -0.1) is 0 Å². The second-order valence-electron chi connectivity index (χ2n) is 5.99. The van der Waals surface area contributed by atoms with Gasteiger partial charge in [-0.1, -0.05) is 5.16 Å². The van der Waals surface area contributed by atoms with Gasteiger partial charge in [-0.25, -0.2) is 9.67 Å². The van der Waals surface area contributed by atoms with E-state index in [1.807, 2.05) is 13.8 Å². The third-order valence-electron chi connectivity index (χ3n) is 3.61. The van der Waals surface area contributed by atoms with Crippen molar-refractivity contribution in [2.45, 2.75) is 32.6 Å². The number of fused-ring (bicyclic) bond motifs is 1. The molecule has 0 N–H and O–H groups in total. The topological polar surface area (TPSA) is 89.9 Å². The van der Waals surface area contributed by atoms with Crippen LogP contribution in [0.2, 0.25) is 0 Å². The van der Waals surface area contributed by atoms with E-state index in [2.05, 4.69) is 24.7 Å². The van der Waals surface area contributed by atoms with Crippen molar-refractivity contribution in [3.8, 4) is 0 Å². The van der Waals surface area contributed by atoms with Gasteiger partial charge in [-0.3, -0.25) is 4.79 Å². The quantitative estimate of drug-likeness (QED) is 0.703. The molecule has 0 saturated carbocycles. The SMILES string of the molecule is CC(C)n1ncc2cc(C(=O)N(C)Cc3noc(C(F)(F)F)n3)cnc21. The minimum Gasteiger partial charge on any atom is -0.334 e. The predicted molar refractivity (Wildman–Crippen MR) is 83.0 cm³/mol. The number of hydrogen-bond donors (Lipinski definition) is 0. The maximum Gasteiger partial charge on any atom is 0.471 e. The lowest BCUT2D eigenvalue weighted by Crippen LogP contribution is -2.27. The molecule has 0 saturated heterocycles. The number of alkyl halides is 3. The van der Waals surface area contributed by atoms with E-state index in [-0.39, 0.29) is 24.0 Å². The molecule has 0 unspecified atom stereocenters. The van der Waals surface area contributed by atoms with Crippen molar-refractivity contribution in [2.75, 3.05) is 7.05 Å². The van der Waals surface area contributed by atoms with Gasteiger partial charge < -0.3 is 9.42 Å². The molecule has 0 radical (unpaired) electrons. The summed E-state index contributed by atoms with van der Waals surface area (Å²) in [4.78, 5) is 21.2. The summed E-state index contributed by atoms with van der Waals surface area (Å²) in [6, 6.07) is 1.75. The number of amides is 1.